The summed E-state index contributed by atoms with van der Waals surface area (Å²) in [6.45, 7) is 23.4. The van der Waals surface area contributed by atoms with Crippen LogP contribution in [0.2, 0.25) is 51.4 Å². The van der Waals surface area contributed by atoms with E-state index in [1.54, 1.807) is 59.8 Å². The average molecular weight is 1280 g/mol. The number of anilines is 2. The van der Waals surface area contributed by atoms with Gasteiger partial charge in [-0.05, 0) is 137 Å². The molecule has 8 aromatic rings. The van der Waals surface area contributed by atoms with Gasteiger partial charge in [-0.15, -0.1) is 0 Å². The van der Waals surface area contributed by atoms with E-state index in [-0.39, 0.29) is 92.4 Å². The monoisotopic (exact) mass is 1280 g/mol. The van der Waals surface area contributed by atoms with E-state index in [9.17, 15) is 33.1 Å². The van der Waals surface area contributed by atoms with Crippen molar-refractivity contribution in [3.05, 3.63) is 156 Å². The summed E-state index contributed by atoms with van der Waals surface area (Å²) in [4.78, 5) is 65.7. The van der Waals surface area contributed by atoms with E-state index in [0.717, 1.165) is 40.0 Å². The molecule has 24 heteroatoms. The average Bonchev–Trinajstić information content (AvgIpc) is 2.22. The molecule has 0 fully saturated rings. The van der Waals surface area contributed by atoms with Crippen molar-refractivity contribution in [2.75, 3.05) is 38.5 Å². The molecule has 0 aliphatic carbocycles. The van der Waals surface area contributed by atoms with Crippen LogP contribution in [0.3, 0.4) is 0 Å². The number of halogens is 3. The fourth-order valence-corrected chi connectivity index (χ4v) is 10.1. The number of hydrogen-bond donors (Lipinski definition) is 3. The SMILES string of the molecule is C.C.CC(C)n1cnc(-c2ccc(F)cc2)c1-c1nc(C(=O)O)cn1COCC[Si](C)(C)C.COC(=O)CCc1ccc(N)cc1.COC(=O)CCc1ccc(NC(=O)c2cn(COCC[Si](C)(C)C)c(-c3c(-c4ccc(F)cc4)ncn3C(C)C)n2)cc1.F. The van der Waals surface area contributed by atoms with Crippen LogP contribution in [0, 0.1) is 11.6 Å². The number of benzene rings is 4. The Morgan fingerprint density at radius 3 is 1.33 bits per heavy atom. The number of ether oxygens (including phenoxy) is 4. The van der Waals surface area contributed by atoms with Crippen LogP contribution in [0.1, 0.15) is 99.6 Å². The Balaban J connectivity index is 0.000000393. The summed E-state index contributed by atoms with van der Waals surface area (Å²) in [6, 6.07) is 29.2. The number of aromatic nitrogens is 8. The molecule has 488 valence electrons. The topological polar surface area (TPSA) is 235 Å². The minimum atomic E-state index is -1.30. The molecule has 90 heavy (non-hydrogen) atoms. The van der Waals surface area contributed by atoms with Gasteiger partial charge in [-0.25, -0.2) is 33.5 Å². The number of hydrogen-bond acceptors (Lipinski definition) is 13. The molecule has 4 N–H and O–H groups in total. The van der Waals surface area contributed by atoms with Crippen LogP contribution in [-0.2, 0) is 54.8 Å². The molecular formula is C66H91F3N10O9Si2. The zero-order valence-electron chi connectivity index (χ0n) is 52.3. The molecule has 4 aromatic heterocycles. The summed E-state index contributed by atoms with van der Waals surface area (Å²) in [6.07, 6.45) is 8.57. The number of aryl methyl sites for hydroxylation is 2. The summed E-state index contributed by atoms with van der Waals surface area (Å²) < 4.78 is 55.9. The van der Waals surface area contributed by atoms with E-state index in [2.05, 4.69) is 64.3 Å². The zero-order chi connectivity index (χ0) is 63.6. The molecule has 1 amide bonds. The van der Waals surface area contributed by atoms with Gasteiger partial charge in [0.05, 0.1) is 38.3 Å². The summed E-state index contributed by atoms with van der Waals surface area (Å²) in [5.74, 6) is -1.62. The molecule has 0 unspecified atom stereocenters. The highest BCUT2D eigenvalue weighted by Crippen LogP contribution is 2.35. The molecule has 0 saturated carbocycles. The maximum atomic E-state index is 13.7. The second kappa shape index (κ2) is 35.1. The highest BCUT2D eigenvalue weighted by atomic mass is 28.3. The number of imidazole rings is 4. The number of amides is 1. The highest BCUT2D eigenvalue weighted by Gasteiger charge is 2.27. The quantitative estimate of drug-likeness (QED) is 0.0209. The van der Waals surface area contributed by atoms with Gasteiger partial charge in [0.25, 0.3) is 5.91 Å². The van der Waals surface area contributed by atoms with Gasteiger partial charge in [0.2, 0.25) is 0 Å². The second-order valence-electron chi connectivity index (χ2n) is 23.8. The van der Waals surface area contributed by atoms with Crippen molar-refractivity contribution < 1.29 is 56.7 Å². The molecule has 4 heterocycles. The Morgan fingerprint density at radius 2 is 0.967 bits per heavy atom. The van der Waals surface area contributed by atoms with Crippen molar-refractivity contribution in [1.82, 2.24) is 38.2 Å². The lowest BCUT2D eigenvalue weighted by Crippen LogP contribution is -2.22. The van der Waals surface area contributed by atoms with Crippen molar-refractivity contribution in [2.45, 2.75) is 145 Å². The normalized spacial score (nSPS) is 11.1. The number of carbonyl (C=O) groups excluding carboxylic acids is 3. The largest absolute Gasteiger partial charge is 0.476 e. The van der Waals surface area contributed by atoms with E-state index in [1.165, 1.54) is 44.7 Å². The molecule has 0 aliphatic heterocycles. The van der Waals surface area contributed by atoms with E-state index in [1.807, 2.05) is 77.8 Å². The second-order valence-corrected chi connectivity index (χ2v) is 35.0. The molecule has 0 radical (unpaired) electrons. The lowest BCUT2D eigenvalue weighted by Gasteiger charge is -2.17. The highest BCUT2D eigenvalue weighted by molar-refractivity contribution is 6.76. The molecule has 0 saturated heterocycles. The lowest BCUT2D eigenvalue weighted by atomic mass is 10.1. The van der Waals surface area contributed by atoms with Crippen LogP contribution in [0.25, 0.3) is 45.6 Å². The number of rotatable bonds is 25. The number of aromatic carboxylic acids is 1. The molecule has 8 rings (SSSR count). The van der Waals surface area contributed by atoms with Crippen molar-refractivity contribution in [2.24, 2.45) is 0 Å². The number of methoxy groups -OCH3 is 2. The third-order valence-corrected chi connectivity index (χ3v) is 17.1. The number of carboxylic acid groups (broad SMARTS) is 1. The standard InChI is InChI=1S/C32H40FN5O4Si.C22H29FN4O3Si.C10H13NO2.2CH4.FH/c1-22(2)38-20-34-29(24-10-12-25(33)13-11-24)30(38)31-36-27(19-37(31)21-42-17-18-43(4,5)6)32(40)35-26-14-7-23(8-15-26)9-16-28(39)41-3;1-15(2)27-13-24-19(16-6-8-17(23)9-7-16)20(27)21-25-18(22(28)29)12-26(21)14-30-10-11-31(3,4)5;1-13-10(12)7-4-8-2-5-9(11)6-3-8;;;/h7-8,10-15,19-20,22H,9,16-18,21H2,1-6H3,(H,35,40);6-9,12-13,15H,10-11,14H2,1-5H3,(H,28,29);2-3,5-6H,4,7,11H2,1H3;2*1H4;1H. The van der Waals surface area contributed by atoms with Crippen molar-refractivity contribution in [1.29, 1.82) is 0 Å². The van der Waals surface area contributed by atoms with E-state index >= 15 is 0 Å². The number of carboxylic acids is 1. The Morgan fingerprint density at radius 1 is 0.589 bits per heavy atom. The Bertz CT molecular complexity index is 3540. The van der Waals surface area contributed by atoms with Crippen molar-refractivity contribution in [3.63, 3.8) is 0 Å². The number of nitrogens with one attached hydrogen (secondary N) is 1. The molecule has 19 nitrogen and oxygen atoms in total. The third-order valence-electron chi connectivity index (χ3n) is 13.7. The van der Waals surface area contributed by atoms with Crippen molar-refractivity contribution >= 4 is 51.3 Å². The number of nitrogen functional groups attached to an aromatic ring is 1. The van der Waals surface area contributed by atoms with Crippen LogP contribution in [0.5, 0.6) is 0 Å². The van der Waals surface area contributed by atoms with Crippen LogP contribution in [0.4, 0.5) is 24.9 Å². The maximum absolute atomic E-state index is 13.7. The van der Waals surface area contributed by atoms with E-state index < -0.39 is 22.1 Å². The van der Waals surface area contributed by atoms with E-state index in [4.69, 9.17) is 24.9 Å². The predicted molar refractivity (Wildman–Crippen MR) is 356 cm³/mol. The number of esters is 2. The van der Waals surface area contributed by atoms with Gasteiger partial charge in [0.15, 0.2) is 17.3 Å². The van der Waals surface area contributed by atoms with Crippen molar-refractivity contribution in [3.8, 4) is 45.6 Å². The first-order chi connectivity index (χ1) is 41.2. The summed E-state index contributed by atoms with van der Waals surface area (Å²) >= 11 is 0. The minimum Gasteiger partial charge on any atom is -0.476 e. The molecule has 0 atom stereocenters. The molecule has 0 aliphatic rings. The summed E-state index contributed by atoms with van der Waals surface area (Å²) in [5.41, 5.74) is 13.2. The summed E-state index contributed by atoms with van der Waals surface area (Å²) in [7, 11) is 0.219. The Labute approximate surface area is 529 Å². The van der Waals surface area contributed by atoms with Crippen LogP contribution in [0.15, 0.2) is 122 Å². The Kier molecular flexibility index (Phi) is 29.5. The fourth-order valence-electron chi connectivity index (χ4n) is 8.62. The molecule has 4 aromatic carbocycles. The van der Waals surface area contributed by atoms with Gasteiger partial charge in [-0.2, -0.15) is 0 Å². The van der Waals surface area contributed by atoms with Crippen LogP contribution in [-0.4, -0.2) is 111 Å². The van der Waals surface area contributed by atoms with E-state index in [0.29, 0.717) is 72.6 Å². The first kappa shape index (κ1) is 75.8. The smallest absolute Gasteiger partial charge is 0.356 e. The first-order valence-corrected chi connectivity index (χ1v) is 36.2. The zero-order valence-corrected chi connectivity index (χ0v) is 54.3. The van der Waals surface area contributed by atoms with Gasteiger partial charge in [0.1, 0.15) is 42.2 Å². The number of carbonyl (C=O) groups is 4. The minimum absolute atomic E-state index is 0. The summed E-state index contributed by atoms with van der Waals surface area (Å²) in [5, 5.41) is 12.4. The molecule has 0 bridgehead atoms. The maximum Gasteiger partial charge on any atom is 0.356 e. The predicted octanol–water partition coefficient (Wildman–Crippen LogP) is 14.7. The third kappa shape index (κ3) is 22.5. The van der Waals surface area contributed by atoms with Gasteiger partial charge in [-0.3, -0.25) is 19.1 Å². The first-order valence-electron chi connectivity index (χ1n) is 28.8. The van der Waals surface area contributed by atoms with Gasteiger partial charge in [-0.1, -0.05) is 78.4 Å². The number of nitrogens with two attached hydrogens (primary N) is 1. The van der Waals surface area contributed by atoms with Gasteiger partial charge >= 0.3 is 17.9 Å². The molecule has 0 spiro atoms. The van der Waals surface area contributed by atoms with Crippen LogP contribution >= 0.6 is 0 Å². The molecular weight excluding hydrogens is 1190 g/mol. The fraction of sp³-hybridized carbons (Fsp3) is 0.394. The van der Waals surface area contributed by atoms with Crippen LogP contribution < -0.4 is 11.1 Å². The lowest BCUT2D eigenvalue weighted by molar-refractivity contribution is -0.141. The van der Waals surface area contributed by atoms with Gasteiger partial charge in [0, 0.05) is 89.2 Å². The Hall–Kier alpha value is -8.46. The number of nitrogens with zero attached hydrogens (tertiary/aromatic N) is 8. The van der Waals surface area contributed by atoms with Gasteiger partial charge < -0.3 is 53.4 Å².